The molecule has 1 fully saturated rings. The van der Waals surface area contributed by atoms with Crippen LogP contribution in [0.2, 0.25) is 0 Å². The number of ketones is 1. The predicted molar refractivity (Wildman–Crippen MR) is 72.0 cm³/mol. The van der Waals surface area contributed by atoms with E-state index in [0.717, 1.165) is 0 Å². The van der Waals surface area contributed by atoms with Crippen LogP contribution in [-0.2, 0) is 14.3 Å². The second-order valence-corrected chi connectivity index (χ2v) is 6.88. The minimum absolute atomic E-state index is 0.00180. The molecule has 1 aliphatic heterocycles. The van der Waals surface area contributed by atoms with Crippen LogP contribution in [0.15, 0.2) is 0 Å². The number of amides is 1. The highest BCUT2D eigenvalue weighted by atomic mass is 16.6. The highest BCUT2D eigenvalue weighted by molar-refractivity contribution is 5.91. The van der Waals surface area contributed by atoms with Gasteiger partial charge in [-0.25, -0.2) is 4.79 Å². The average molecular weight is 271 g/mol. The van der Waals surface area contributed by atoms with Gasteiger partial charge in [-0.05, 0) is 20.8 Å². The fourth-order valence-electron chi connectivity index (χ4n) is 1.86. The molecule has 0 saturated carbocycles. The van der Waals surface area contributed by atoms with Crippen molar-refractivity contribution in [2.75, 3.05) is 19.8 Å². The number of nitrogens with zero attached hydrogens (tertiary/aromatic N) is 1. The maximum atomic E-state index is 12.4. The van der Waals surface area contributed by atoms with Gasteiger partial charge in [0.2, 0.25) is 0 Å². The minimum Gasteiger partial charge on any atom is -0.444 e. The monoisotopic (exact) mass is 271 g/mol. The molecule has 0 aromatic carbocycles. The van der Waals surface area contributed by atoms with Crippen LogP contribution in [0.4, 0.5) is 4.79 Å². The number of hydrogen-bond acceptors (Lipinski definition) is 4. The number of Topliss-reactive ketones (excluding diaryl/α,β-unsaturated/α-hetero) is 1. The molecule has 5 nitrogen and oxygen atoms in total. The highest BCUT2D eigenvalue weighted by Crippen LogP contribution is 2.23. The maximum absolute atomic E-state index is 12.4. The summed E-state index contributed by atoms with van der Waals surface area (Å²) in [6, 6.07) is -0.552. The molecule has 0 aliphatic carbocycles. The summed E-state index contributed by atoms with van der Waals surface area (Å²) in [5.74, 6) is -0.00180. The quantitative estimate of drug-likeness (QED) is 0.734. The third-order valence-electron chi connectivity index (χ3n) is 2.80. The third-order valence-corrected chi connectivity index (χ3v) is 2.80. The van der Waals surface area contributed by atoms with E-state index in [1.807, 2.05) is 41.5 Å². The fraction of sp³-hybridized carbons (Fsp3) is 0.857. The molecule has 1 amide bonds. The first-order chi connectivity index (χ1) is 8.52. The van der Waals surface area contributed by atoms with Crippen LogP contribution < -0.4 is 0 Å². The Labute approximate surface area is 115 Å². The molecule has 0 bridgehead atoms. The van der Waals surface area contributed by atoms with Gasteiger partial charge in [-0.2, -0.15) is 0 Å². The van der Waals surface area contributed by atoms with Gasteiger partial charge in [0.05, 0.1) is 13.2 Å². The maximum Gasteiger partial charge on any atom is 0.411 e. The van der Waals surface area contributed by atoms with E-state index in [1.54, 1.807) is 0 Å². The first kappa shape index (κ1) is 16.0. The summed E-state index contributed by atoms with van der Waals surface area (Å²) >= 11 is 0. The van der Waals surface area contributed by atoms with Crippen LogP contribution in [-0.4, -0.2) is 48.2 Å². The zero-order valence-corrected chi connectivity index (χ0v) is 12.8. The van der Waals surface area contributed by atoms with E-state index in [0.29, 0.717) is 13.2 Å². The first-order valence-corrected chi connectivity index (χ1v) is 6.64. The Hall–Kier alpha value is -1.10. The smallest absolute Gasteiger partial charge is 0.411 e. The zero-order valence-electron chi connectivity index (χ0n) is 12.8. The summed E-state index contributed by atoms with van der Waals surface area (Å²) in [6.45, 7) is 12.0. The number of hydrogen-bond donors (Lipinski definition) is 0. The Balaban J connectivity index is 2.84. The van der Waals surface area contributed by atoms with Crippen LogP contribution in [0.3, 0.4) is 0 Å². The van der Waals surface area contributed by atoms with Crippen LogP contribution in [0.1, 0.15) is 41.5 Å². The molecule has 1 saturated heterocycles. The fourth-order valence-corrected chi connectivity index (χ4v) is 1.86. The summed E-state index contributed by atoms with van der Waals surface area (Å²) in [7, 11) is 0. The van der Waals surface area contributed by atoms with Crippen LogP contribution in [0.5, 0.6) is 0 Å². The predicted octanol–water partition coefficient (Wildman–Crippen LogP) is 2.24. The standard InChI is InChI=1S/C14H25NO4/c1-13(2,3)11(16)10-9-18-8-7-15(10)12(17)19-14(4,5)6/h10H,7-9H2,1-6H3/t10-/m0/s1. The van der Waals surface area contributed by atoms with Crippen molar-refractivity contribution < 1.29 is 19.1 Å². The number of carbonyl (C=O) groups is 2. The van der Waals surface area contributed by atoms with Gasteiger partial charge in [-0.15, -0.1) is 0 Å². The van der Waals surface area contributed by atoms with Gasteiger partial charge < -0.3 is 9.47 Å². The SMILES string of the molecule is CC(C)(C)OC(=O)N1CCOC[C@H]1C(=O)C(C)(C)C. The van der Waals surface area contributed by atoms with E-state index in [1.165, 1.54) is 4.90 Å². The topological polar surface area (TPSA) is 55.8 Å². The van der Waals surface area contributed by atoms with Crippen LogP contribution in [0.25, 0.3) is 0 Å². The Kier molecular flexibility index (Phi) is 4.61. The molecule has 0 N–H and O–H groups in total. The van der Waals surface area contributed by atoms with E-state index in [2.05, 4.69) is 0 Å². The van der Waals surface area contributed by atoms with Crippen molar-refractivity contribution in [2.45, 2.75) is 53.2 Å². The van der Waals surface area contributed by atoms with E-state index in [9.17, 15) is 9.59 Å². The van der Waals surface area contributed by atoms with Crippen molar-refractivity contribution in [3.05, 3.63) is 0 Å². The number of ether oxygens (including phenoxy) is 2. The Bertz CT molecular complexity index is 351. The van der Waals surface area contributed by atoms with Crippen molar-refractivity contribution in [1.82, 2.24) is 4.90 Å². The molecule has 5 heteroatoms. The molecule has 1 heterocycles. The van der Waals surface area contributed by atoms with E-state index >= 15 is 0 Å². The summed E-state index contributed by atoms with van der Waals surface area (Å²) in [5, 5.41) is 0. The number of rotatable bonds is 1. The molecule has 0 aromatic heterocycles. The average Bonchev–Trinajstić information content (AvgIpc) is 2.24. The largest absolute Gasteiger partial charge is 0.444 e. The van der Waals surface area contributed by atoms with Gasteiger partial charge in [0.15, 0.2) is 5.78 Å². The number of morpholine rings is 1. The molecule has 1 aliphatic rings. The van der Waals surface area contributed by atoms with Crippen molar-refractivity contribution in [3.8, 4) is 0 Å². The van der Waals surface area contributed by atoms with Crippen LogP contribution in [0, 0.1) is 5.41 Å². The lowest BCUT2D eigenvalue weighted by Crippen LogP contribution is -2.56. The van der Waals surface area contributed by atoms with Gasteiger partial charge in [-0.3, -0.25) is 9.69 Å². The normalized spacial score (nSPS) is 21.2. The van der Waals surface area contributed by atoms with Crippen molar-refractivity contribution in [2.24, 2.45) is 5.41 Å². The second-order valence-electron chi connectivity index (χ2n) is 6.88. The molecule has 1 rings (SSSR count). The van der Waals surface area contributed by atoms with Gasteiger partial charge >= 0.3 is 6.09 Å². The molecule has 0 aromatic rings. The molecular formula is C14H25NO4. The van der Waals surface area contributed by atoms with E-state index < -0.39 is 23.2 Å². The van der Waals surface area contributed by atoms with E-state index in [4.69, 9.17) is 9.47 Å². The lowest BCUT2D eigenvalue weighted by atomic mass is 9.86. The van der Waals surface area contributed by atoms with Crippen molar-refractivity contribution in [3.63, 3.8) is 0 Å². The minimum atomic E-state index is -0.565. The molecule has 19 heavy (non-hydrogen) atoms. The van der Waals surface area contributed by atoms with Gasteiger partial charge in [-0.1, -0.05) is 20.8 Å². The molecule has 0 unspecified atom stereocenters. The second kappa shape index (κ2) is 5.49. The summed E-state index contributed by atoms with van der Waals surface area (Å²) in [5.41, 5.74) is -1.07. The van der Waals surface area contributed by atoms with Gasteiger partial charge in [0, 0.05) is 12.0 Å². The molecule has 0 radical (unpaired) electrons. The molecular weight excluding hydrogens is 246 g/mol. The molecule has 1 atom stereocenters. The lowest BCUT2D eigenvalue weighted by molar-refractivity contribution is -0.137. The van der Waals surface area contributed by atoms with Crippen molar-refractivity contribution in [1.29, 1.82) is 0 Å². The third kappa shape index (κ3) is 4.49. The Morgan fingerprint density at radius 1 is 1.16 bits per heavy atom. The van der Waals surface area contributed by atoms with Gasteiger partial charge in [0.25, 0.3) is 0 Å². The lowest BCUT2D eigenvalue weighted by Gasteiger charge is -2.38. The highest BCUT2D eigenvalue weighted by Gasteiger charge is 2.39. The molecule has 110 valence electrons. The van der Waals surface area contributed by atoms with E-state index in [-0.39, 0.29) is 12.4 Å². The Morgan fingerprint density at radius 2 is 1.74 bits per heavy atom. The first-order valence-electron chi connectivity index (χ1n) is 6.64. The van der Waals surface area contributed by atoms with Gasteiger partial charge in [0.1, 0.15) is 11.6 Å². The summed E-state index contributed by atoms with van der Waals surface area (Å²) in [4.78, 5) is 26.0. The van der Waals surface area contributed by atoms with Crippen LogP contribution >= 0.6 is 0 Å². The molecule has 0 spiro atoms. The van der Waals surface area contributed by atoms with Crippen molar-refractivity contribution >= 4 is 11.9 Å². The summed E-state index contributed by atoms with van der Waals surface area (Å²) < 4.78 is 10.7. The number of carbonyl (C=O) groups excluding carboxylic acids is 2. The zero-order chi connectivity index (χ0) is 14.8. The summed E-state index contributed by atoms with van der Waals surface area (Å²) in [6.07, 6.45) is -0.446. The Morgan fingerprint density at radius 3 is 2.21 bits per heavy atom.